The largest absolute Gasteiger partial charge is 0.357 e. The van der Waals surface area contributed by atoms with Gasteiger partial charge in [0.25, 0.3) is 0 Å². The summed E-state index contributed by atoms with van der Waals surface area (Å²) in [5, 5.41) is 3.35. The van der Waals surface area contributed by atoms with E-state index in [2.05, 4.69) is 40.3 Å². The molecule has 0 amide bonds. The van der Waals surface area contributed by atoms with Gasteiger partial charge in [-0.1, -0.05) is 28.1 Å². The van der Waals surface area contributed by atoms with Crippen LogP contribution in [0.5, 0.6) is 0 Å². The van der Waals surface area contributed by atoms with E-state index in [9.17, 15) is 0 Å². The molecule has 78 valence electrons. The molecule has 1 fully saturated rings. The van der Waals surface area contributed by atoms with Gasteiger partial charge in [-0.2, -0.15) is 0 Å². The normalized spacial score (nSPS) is 25.9. The van der Waals surface area contributed by atoms with Crippen molar-refractivity contribution < 1.29 is 4.74 Å². The molecule has 1 heterocycles. The monoisotopic (exact) mass is 277 g/mol. The standard InChI is InChI=1S/C10H12BrNO.ClH/c1-7-6-13-10(12-7)8-2-4-9(11)5-3-8;/h2-5,7,10,12H,6H2,1H3;1H. The Balaban J connectivity index is 0.000000980. The highest BCUT2D eigenvalue weighted by molar-refractivity contribution is 9.10. The van der Waals surface area contributed by atoms with Crippen molar-refractivity contribution in [3.8, 4) is 0 Å². The van der Waals surface area contributed by atoms with Gasteiger partial charge < -0.3 is 4.74 Å². The lowest BCUT2D eigenvalue weighted by Gasteiger charge is -2.10. The molecule has 14 heavy (non-hydrogen) atoms. The molecule has 2 rings (SSSR count). The molecule has 0 bridgehead atoms. The molecule has 1 aromatic carbocycles. The minimum atomic E-state index is 0. The fourth-order valence-electron chi connectivity index (χ4n) is 1.43. The Morgan fingerprint density at radius 2 is 2.00 bits per heavy atom. The van der Waals surface area contributed by atoms with Gasteiger partial charge in [-0.3, -0.25) is 5.32 Å². The number of rotatable bonds is 1. The van der Waals surface area contributed by atoms with Crippen LogP contribution < -0.4 is 5.32 Å². The van der Waals surface area contributed by atoms with E-state index in [1.165, 1.54) is 5.56 Å². The van der Waals surface area contributed by atoms with Crippen LogP contribution in [0.3, 0.4) is 0 Å². The molecule has 0 aliphatic carbocycles. The lowest BCUT2D eigenvalue weighted by molar-refractivity contribution is 0.101. The molecule has 0 spiro atoms. The van der Waals surface area contributed by atoms with E-state index in [4.69, 9.17) is 4.74 Å². The van der Waals surface area contributed by atoms with Crippen molar-refractivity contribution in [1.29, 1.82) is 0 Å². The fraction of sp³-hybridized carbons (Fsp3) is 0.400. The Labute approximate surface area is 98.6 Å². The first kappa shape index (κ1) is 12.0. The number of ether oxygens (including phenoxy) is 1. The summed E-state index contributed by atoms with van der Waals surface area (Å²) in [5.41, 5.74) is 1.19. The minimum absolute atomic E-state index is 0. The minimum Gasteiger partial charge on any atom is -0.357 e. The molecule has 0 radical (unpaired) electrons. The van der Waals surface area contributed by atoms with Gasteiger partial charge in [0.15, 0.2) is 0 Å². The Bertz CT molecular complexity index is 291. The number of nitrogens with one attached hydrogen (secondary N) is 1. The predicted molar refractivity (Wildman–Crippen MR) is 62.7 cm³/mol. The van der Waals surface area contributed by atoms with E-state index in [1.54, 1.807) is 0 Å². The summed E-state index contributed by atoms with van der Waals surface area (Å²) in [6, 6.07) is 8.65. The lowest BCUT2D eigenvalue weighted by atomic mass is 10.2. The highest BCUT2D eigenvalue weighted by atomic mass is 79.9. The third-order valence-corrected chi connectivity index (χ3v) is 2.65. The fourth-order valence-corrected chi connectivity index (χ4v) is 1.69. The average Bonchev–Trinajstić information content (AvgIpc) is 2.53. The van der Waals surface area contributed by atoms with Gasteiger partial charge in [-0.25, -0.2) is 0 Å². The van der Waals surface area contributed by atoms with Crippen molar-refractivity contribution in [2.75, 3.05) is 6.61 Å². The molecule has 1 aliphatic rings. The van der Waals surface area contributed by atoms with E-state index in [-0.39, 0.29) is 18.6 Å². The van der Waals surface area contributed by atoms with Crippen molar-refractivity contribution >= 4 is 28.3 Å². The number of benzene rings is 1. The zero-order valence-corrected chi connectivity index (χ0v) is 10.3. The van der Waals surface area contributed by atoms with Crippen molar-refractivity contribution in [1.82, 2.24) is 5.32 Å². The third-order valence-electron chi connectivity index (χ3n) is 2.12. The van der Waals surface area contributed by atoms with Crippen molar-refractivity contribution in [2.24, 2.45) is 0 Å². The highest BCUT2D eigenvalue weighted by Gasteiger charge is 2.21. The second kappa shape index (κ2) is 5.12. The molecule has 1 aromatic rings. The molecular weight excluding hydrogens is 265 g/mol. The molecule has 1 N–H and O–H groups in total. The van der Waals surface area contributed by atoms with Crippen LogP contribution in [0.25, 0.3) is 0 Å². The predicted octanol–water partition coefficient (Wildman–Crippen LogP) is 2.88. The van der Waals surface area contributed by atoms with Gasteiger partial charge in [0.05, 0.1) is 6.61 Å². The number of halogens is 2. The second-order valence-electron chi connectivity index (χ2n) is 3.33. The van der Waals surface area contributed by atoms with Crippen molar-refractivity contribution in [3.05, 3.63) is 34.3 Å². The van der Waals surface area contributed by atoms with Crippen molar-refractivity contribution in [3.63, 3.8) is 0 Å². The Morgan fingerprint density at radius 1 is 1.36 bits per heavy atom. The van der Waals surface area contributed by atoms with Gasteiger partial charge in [-0.15, -0.1) is 12.4 Å². The summed E-state index contributed by atoms with van der Waals surface area (Å²) >= 11 is 3.40. The van der Waals surface area contributed by atoms with Crippen LogP contribution >= 0.6 is 28.3 Å². The quantitative estimate of drug-likeness (QED) is 0.853. The van der Waals surface area contributed by atoms with Crippen LogP contribution in [-0.2, 0) is 4.74 Å². The summed E-state index contributed by atoms with van der Waals surface area (Å²) in [4.78, 5) is 0. The summed E-state index contributed by atoms with van der Waals surface area (Å²) < 4.78 is 6.66. The third kappa shape index (κ3) is 2.70. The van der Waals surface area contributed by atoms with Gasteiger partial charge in [0.2, 0.25) is 0 Å². The Kier molecular flexibility index (Phi) is 4.38. The summed E-state index contributed by atoms with van der Waals surface area (Å²) in [6.45, 7) is 2.92. The summed E-state index contributed by atoms with van der Waals surface area (Å²) in [5.74, 6) is 0. The van der Waals surface area contributed by atoms with E-state index >= 15 is 0 Å². The highest BCUT2D eigenvalue weighted by Crippen LogP contribution is 2.21. The molecule has 0 aromatic heterocycles. The van der Waals surface area contributed by atoms with Gasteiger partial charge in [0, 0.05) is 10.5 Å². The van der Waals surface area contributed by atoms with Gasteiger partial charge in [0.1, 0.15) is 6.23 Å². The van der Waals surface area contributed by atoms with Crippen LogP contribution in [0.4, 0.5) is 0 Å². The van der Waals surface area contributed by atoms with Gasteiger partial charge in [-0.05, 0) is 24.6 Å². The summed E-state index contributed by atoms with van der Waals surface area (Å²) in [7, 11) is 0. The topological polar surface area (TPSA) is 21.3 Å². The first-order valence-electron chi connectivity index (χ1n) is 4.39. The van der Waals surface area contributed by atoms with Crippen LogP contribution in [0.2, 0.25) is 0 Å². The Hall–Kier alpha value is -0.0900. The molecule has 1 saturated heterocycles. The van der Waals surface area contributed by atoms with E-state index < -0.39 is 0 Å². The number of hydrogen-bond acceptors (Lipinski definition) is 2. The second-order valence-corrected chi connectivity index (χ2v) is 4.25. The van der Waals surface area contributed by atoms with Crippen LogP contribution in [0.1, 0.15) is 18.7 Å². The van der Waals surface area contributed by atoms with E-state index in [0.29, 0.717) is 6.04 Å². The molecule has 2 nitrogen and oxygen atoms in total. The zero-order valence-electron chi connectivity index (χ0n) is 7.87. The molecule has 1 aliphatic heterocycles. The molecule has 2 unspecified atom stereocenters. The molecule has 0 saturated carbocycles. The molecular formula is C10H13BrClNO. The van der Waals surface area contributed by atoms with Gasteiger partial charge >= 0.3 is 0 Å². The maximum Gasteiger partial charge on any atom is 0.134 e. The maximum absolute atomic E-state index is 5.56. The lowest BCUT2D eigenvalue weighted by Crippen LogP contribution is -2.22. The first-order chi connectivity index (χ1) is 6.25. The van der Waals surface area contributed by atoms with E-state index in [0.717, 1.165) is 11.1 Å². The smallest absolute Gasteiger partial charge is 0.134 e. The SMILES string of the molecule is CC1COC(c2ccc(Br)cc2)N1.Cl. The molecule has 4 heteroatoms. The number of hydrogen-bond donors (Lipinski definition) is 1. The zero-order chi connectivity index (χ0) is 9.26. The van der Waals surface area contributed by atoms with Crippen LogP contribution in [0, 0.1) is 0 Å². The molecule has 2 atom stereocenters. The first-order valence-corrected chi connectivity index (χ1v) is 5.18. The van der Waals surface area contributed by atoms with Crippen LogP contribution in [0.15, 0.2) is 28.7 Å². The summed E-state index contributed by atoms with van der Waals surface area (Å²) in [6.07, 6.45) is 0.0723. The van der Waals surface area contributed by atoms with E-state index in [1.807, 2.05) is 12.1 Å². The Morgan fingerprint density at radius 3 is 2.50 bits per heavy atom. The van der Waals surface area contributed by atoms with Crippen LogP contribution in [-0.4, -0.2) is 12.6 Å². The average molecular weight is 279 g/mol. The maximum atomic E-state index is 5.56. The van der Waals surface area contributed by atoms with Crippen molar-refractivity contribution in [2.45, 2.75) is 19.2 Å².